The van der Waals surface area contributed by atoms with E-state index in [0.717, 1.165) is 10.1 Å². The molecular formula is C10H6ClNS. The van der Waals surface area contributed by atoms with Gasteiger partial charge >= 0.3 is 0 Å². The lowest BCUT2D eigenvalue weighted by Gasteiger charge is -1.94. The average Bonchev–Trinajstić information content (AvgIpc) is 2.45. The highest BCUT2D eigenvalue weighted by Crippen LogP contribution is 2.31. The molecule has 3 heteroatoms. The second kappa shape index (κ2) is 3.02. The lowest BCUT2D eigenvalue weighted by Crippen LogP contribution is -1.76. The summed E-state index contributed by atoms with van der Waals surface area (Å²) < 4.78 is 1.12. The van der Waals surface area contributed by atoms with Crippen molar-refractivity contribution in [1.29, 1.82) is 5.26 Å². The molecule has 13 heavy (non-hydrogen) atoms. The van der Waals surface area contributed by atoms with E-state index in [2.05, 4.69) is 6.07 Å². The van der Waals surface area contributed by atoms with Crippen LogP contribution in [0.1, 0.15) is 10.4 Å². The van der Waals surface area contributed by atoms with Gasteiger partial charge in [0, 0.05) is 15.0 Å². The number of aryl methyl sites for hydroxylation is 1. The summed E-state index contributed by atoms with van der Waals surface area (Å²) in [7, 11) is 0. The van der Waals surface area contributed by atoms with Gasteiger partial charge in [-0.15, -0.1) is 11.3 Å². The molecule has 0 atom stereocenters. The van der Waals surface area contributed by atoms with Crippen LogP contribution in [0.2, 0.25) is 5.02 Å². The first-order valence-electron chi connectivity index (χ1n) is 3.81. The number of hydrogen-bond donors (Lipinski definition) is 0. The van der Waals surface area contributed by atoms with Crippen molar-refractivity contribution >= 4 is 33.0 Å². The van der Waals surface area contributed by atoms with Gasteiger partial charge in [0.05, 0.1) is 10.6 Å². The SMILES string of the molecule is Cc1cc2c(C#N)c(Cl)ccc2s1. The Labute approximate surface area is 85.2 Å². The number of nitriles is 1. The summed E-state index contributed by atoms with van der Waals surface area (Å²) in [6, 6.07) is 7.86. The fraction of sp³-hybridized carbons (Fsp3) is 0.100. The Bertz CT molecular complexity index is 507. The number of thiophene rings is 1. The molecule has 1 nitrogen and oxygen atoms in total. The molecule has 0 spiro atoms. The zero-order chi connectivity index (χ0) is 9.42. The molecule has 2 aromatic rings. The molecule has 0 radical (unpaired) electrons. The lowest BCUT2D eigenvalue weighted by molar-refractivity contribution is 1.50. The predicted molar refractivity (Wildman–Crippen MR) is 56.3 cm³/mol. The molecule has 0 aliphatic heterocycles. The van der Waals surface area contributed by atoms with E-state index in [0.29, 0.717) is 10.6 Å². The highest BCUT2D eigenvalue weighted by Gasteiger charge is 2.07. The first kappa shape index (κ1) is 8.55. The van der Waals surface area contributed by atoms with Crippen LogP contribution in [0.5, 0.6) is 0 Å². The van der Waals surface area contributed by atoms with Crippen molar-refractivity contribution in [3.8, 4) is 6.07 Å². The topological polar surface area (TPSA) is 23.8 Å². The maximum atomic E-state index is 8.90. The Morgan fingerprint density at radius 1 is 1.46 bits per heavy atom. The van der Waals surface area contributed by atoms with Gasteiger partial charge in [0.2, 0.25) is 0 Å². The smallest absolute Gasteiger partial charge is 0.101 e. The number of halogens is 1. The van der Waals surface area contributed by atoms with Crippen LogP contribution in [-0.4, -0.2) is 0 Å². The minimum absolute atomic E-state index is 0.535. The number of nitrogens with zero attached hydrogens (tertiary/aromatic N) is 1. The van der Waals surface area contributed by atoms with E-state index in [1.54, 1.807) is 17.4 Å². The first-order valence-corrected chi connectivity index (χ1v) is 5.00. The molecule has 1 aromatic carbocycles. The van der Waals surface area contributed by atoms with Gasteiger partial charge in [0.1, 0.15) is 6.07 Å². The minimum atomic E-state index is 0.535. The van der Waals surface area contributed by atoms with Crippen LogP contribution in [0.25, 0.3) is 10.1 Å². The van der Waals surface area contributed by atoms with Crippen molar-refractivity contribution in [2.24, 2.45) is 0 Å². The number of benzene rings is 1. The van der Waals surface area contributed by atoms with Crippen LogP contribution in [0.15, 0.2) is 18.2 Å². The van der Waals surface area contributed by atoms with E-state index >= 15 is 0 Å². The van der Waals surface area contributed by atoms with Crippen LogP contribution in [0, 0.1) is 18.3 Å². The number of fused-ring (bicyclic) bond motifs is 1. The van der Waals surface area contributed by atoms with Crippen molar-refractivity contribution in [2.75, 3.05) is 0 Å². The maximum absolute atomic E-state index is 8.90. The zero-order valence-corrected chi connectivity index (χ0v) is 8.54. The summed E-state index contributed by atoms with van der Waals surface area (Å²) in [5, 5.41) is 10.4. The molecule has 0 saturated heterocycles. The minimum Gasteiger partial charge on any atom is -0.192 e. The summed E-state index contributed by atoms with van der Waals surface area (Å²) in [5.41, 5.74) is 0.587. The Kier molecular flexibility index (Phi) is 1.99. The molecule has 0 aliphatic rings. The molecular weight excluding hydrogens is 202 g/mol. The van der Waals surface area contributed by atoms with Crippen LogP contribution < -0.4 is 0 Å². The third kappa shape index (κ3) is 1.31. The molecule has 0 saturated carbocycles. The average molecular weight is 208 g/mol. The normalized spacial score (nSPS) is 10.2. The van der Waals surface area contributed by atoms with E-state index in [4.69, 9.17) is 16.9 Å². The predicted octanol–water partition coefficient (Wildman–Crippen LogP) is 3.73. The summed E-state index contributed by atoms with van der Waals surface area (Å²) in [6.07, 6.45) is 0. The third-order valence-electron chi connectivity index (χ3n) is 1.89. The standard InChI is InChI=1S/C10H6ClNS/c1-6-4-7-8(5-12)9(11)2-3-10(7)13-6/h2-4H,1H3. The van der Waals surface area contributed by atoms with Gasteiger partial charge in [-0.05, 0) is 25.1 Å². The van der Waals surface area contributed by atoms with Crippen LogP contribution >= 0.6 is 22.9 Å². The highest BCUT2D eigenvalue weighted by molar-refractivity contribution is 7.19. The van der Waals surface area contributed by atoms with Gasteiger partial charge < -0.3 is 0 Å². The molecule has 1 aromatic heterocycles. The van der Waals surface area contributed by atoms with E-state index in [1.165, 1.54) is 4.88 Å². The van der Waals surface area contributed by atoms with Gasteiger partial charge in [-0.1, -0.05) is 11.6 Å². The van der Waals surface area contributed by atoms with Gasteiger partial charge in [-0.3, -0.25) is 0 Å². The van der Waals surface area contributed by atoms with Crippen molar-refractivity contribution in [3.05, 3.63) is 33.7 Å². The molecule has 2 rings (SSSR count). The molecule has 0 fully saturated rings. The fourth-order valence-electron chi connectivity index (χ4n) is 1.33. The Balaban J connectivity index is 2.93. The van der Waals surface area contributed by atoms with Crippen molar-refractivity contribution in [2.45, 2.75) is 6.92 Å². The van der Waals surface area contributed by atoms with Crippen LogP contribution in [0.3, 0.4) is 0 Å². The largest absolute Gasteiger partial charge is 0.192 e. The summed E-state index contributed by atoms with van der Waals surface area (Å²) in [4.78, 5) is 1.20. The van der Waals surface area contributed by atoms with Crippen molar-refractivity contribution in [3.63, 3.8) is 0 Å². The van der Waals surface area contributed by atoms with Gasteiger partial charge in [0.25, 0.3) is 0 Å². The van der Waals surface area contributed by atoms with Crippen molar-refractivity contribution < 1.29 is 0 Å². The van der Waals surface area contributed by atoms with E-state index in [-0.39, 0.29) is 0 Å². The maximum Gasteiger partial charge on any atom is 0.101 e. The van der Waals surface area contributed by atoms with Crippen molar-refractivity contribution in [1.82, 2.24) is 0 Å². The molecule has 1 heterocycles. The van der Waals surface area contributed by atoms with Crippen LogP contribution in [-0.2, 0) is 0 Å². The zero-order valence-electron chi connectivity index (χ0n) is 6.97. The monoisotopic (exact) mass is 207 g/mol. The molecule has 0 N–H and O–H groups in total. The van der Waals surface area contributed by atoms with E-state index < -0.39 is 0 Å². The Hall–Kier alpha value is -1.04. The van der Waals surface area contributed by atoms with Gasteiger partial charge in [-0.25, -0.2) is 0 Å². The highest BCUT2D eigenvalue weighted by atomic mass is 35.5. The quantitative estimate of drug-likeness (QED) is 0.646. The third-order valence-corrected chi connectivity index (χ3v) is 3.22. The fourth-order valence-corrected chi connectivity index (χ4v) is 2.46. The molecule has 64 valence electrons. The number of rotatable bonds is 0. The van der Waals surface area contributed by atoms with E-state index in [1.807, 2.05) is 19.1 Å². The molecule has 0 amide bonds. The van der Waals surface area contributed by atoms with Crippen LogP contribution in [0.4, 0.5) is 0 Å². The summed E-state index contributed by atoms with van der Waals surface area (Å²) in [5.74, 6) is 0. The second-order valence-electron chi connectivity index (χ2n) is 2.80. The summed E-state index contributed by atoms with van der Waals surface area (Å²) >= 11 is 7.58. The molecule has 0 unspecified atom stereocenters. The number of hydrogen-bond acceptors (Lipinski definition) is 2. The summed E-state index contributed by atoms with van der Waals surface area (Å²) in [6.45, 7) is 2.03. The lowest BCUT2D eigenvalue weighted by atomic mass is 10.1. The van der Waals surface area contributed by atoms with E-state index in [9.17, 15) is 0 Å². The molecule has 0 bridgehead atoms. The van der Waals surface area contributed by atoms with Gasteiger partial charge in [0.15, 0.2) is 0 Å². The Morgan fingerprint density at radius 2 is 2.23 bits per heavy atom. The molecule has 0 aliphatic carbocycles. The van der Waals surface area contributed by atoms with Gasteiger partial charge in [-0.2, -0.15) is 5.26 Å². The Morgan fingerprint density at radius 3 is 2.92 bits per heavy atom. The second-order valence-corrected chi connectivity index (χ2v) is 4.50. The first-order chi connectivity index (χ1) is 6.22.